The van der Waals surface area contributed by atoms with Gasteiger partial charge in [0.05, 0.1) is 6.54 Å². The summed E-state index contributed by atoms with van der Waals surface area (Å²) in [7, 11) is 0. The van der Waals surface area contributed by atoms with Crippen molar-refractivity contribution in [2.75, 3.05) is 18.0 Å². The Hall–Kier alpha value is -1.45. The summed E-state index contributed by atoms with van der Waals surface area (Å²) in [6.07, 6.45) is 2.21. The molecule has 17 heavy (non-hydrogen) atoms. The van der Waals surface area contributed by atoms with Crippen LogP contribution in [0.25, 0.3) is 6.08 Å². The molecule has 0 radical (unpaired) electrons. The molecule has 2 heterocycles. The summed E-state index contributed by atoms with van der Waals surface area (Å²) in [5.41, 5.74) is 1.77. The Morgan fingerprint density at radius 3 is 2.82 bits per heavy atom. The van der Waals surface area contributed by atoms with Crippen LogP contribution >= 0.6 is 0 Å². The number of halogens is 2. The minimum absolute atomic E-state index is 0.0206. The van der Waals surface area contributed by atoms with Gasteiger partial charge in [-0.25, -0.2) is 13.8 Å². The zero-order valence-corrected chi connectivity index (χ0v) is 9.92. The molecular weight excluding hydrogens is 222 g/mol. The van der Waals surface area contributed by atoms with Crippen molar-refractivity contribution in [2.24, 2.45) is 0 Å². The first-order valence-corrected chi connectivity index (χ1v) is 5.75. The number of piperidine rings is 1. The van der Waals surface area contributed by atoms with Crippen LogP contribution in [0.15, 0.2) is 18.7 Å². The molecule has 0 saturated carbocycles. The van der Waals surface area contributed by atoms with Gasteiger partial charge in [0.2, 0.25) is 0 Å². The van der Waals surface area contributed by atoms with E-state index in [1.807, 2.05) is 13.0 Å². The van der Waals surface area contributed by atoms with E-state index in [0.717, 1.165) is 11.3 Å². The average Bonchev–Trinajstić information content (AvgIpc) is 2.27. The molecule has 0 bridgehead atoms. The molecule has 1 aromatic heterocycles. The molecule has 1 aliphatic heterocycles. The molecule has 2 nitrogen and oxygen atoms in total. The fraction of sp³-hybridized carbons (Fsp3) is 0.462. The maximum Gasteiger partial charge on any atom is 0.265 e. The summed E-state index contributed by atoms with van der Waals surface area (Å²) < 4.78 is 26.6. The summed E-state index contributed by atoms with van der Waals surface area (Å²) in [5.74, 6) is -1.96. The molecule has 92 valence electrons. The molecule has 0 unspecified atom stereocenters. The third-order valence-electron chi connectivity index (χ3n) is 3.05. The van der Waals surface area contributed by atoms with Crippen LogP contribution in [-0.2, 0) is 0 Å². The molecule has 1 fully saturated rings. The largest absolute Gasteiger partial charge is 0.351 e. The first-order valence-electron chi connectivity index (χ1n) is 5.75. The molecular formula is C13H16F2N2. The number of hydrogen-bond acceptors (Lipinski definition) is 2. The number of anilines is 1. The molecule has 1 aliphatic rings. The molecule has 0 spiro atoms. The highest BCUT2D eigenvalue weighted by Crippen LogP contribution is 2.29. The zero-order valence-electron chi connectivity index (χ0n) is 9.92. The van der Waals surface area contributed by atoms with E-state index >= 15 is 0 Å². The molecule has 0 amide bonds. The highest BCUT2D eigenvalue weighted by Gasteiger charge is 2.35. The second-order valence-corrected chi connectivity index (χ2v) is 4.43. The van der Waals surface area contributed by atoms with Gasteiger partial charge < -0.3 is 4.90 Å². The third kappa shape index (κ3) is 2.62. The van der Waals surface area contributed by atoms with Gasteiger partial charge in [0, 0.05) is 18.7 Å². The van der Waals surface area contributed by atoms with Gasteiger partial charge in [-0.15, -0.1) is 0 Å². The van der Waals surface area contributed by atoms with Crippen molar-refractivity contribution in [1.29, 1.82) is 0 Å². The van der Waals surface area contributed by atoms with Crippen LogP contribution in [0.2, 0.25) is 0 Å². The number of nitrogens with zero attached hydrogens (tertiary/aromatic N) is 2. The second-order valence-electron chi connectivity index (χ2n) is 4.43. The third-order valence-corrected chi connectivity index (χ3v) is 3.05. The monoisotopic (exact) mass is 238 g/mol. The quantitative estimate of drug-likeness (QED) is 0.786. The van der Waals surface area contributed by atoms with Gasteiger partial charge >= 0.3 is 0 Å². The molecule has 1 saturated heterocycles. The highest BCUT2D eigenvalue weighted by molar-refractivity contribution is 5.53. The molecule has 1 aromatic rings. The maximum absolute atomic E-state index is 13.3. The lowest BCUT2D eigenvalue weighted by Gasteiger charge is -2.33. The smallest absolute Gasteiger partial charge is 0.265 e. The maximum atomic E-state index is 13.3. The Morgan fingerprint density at radius 2 is 2.24 bits per heavy atom. The van der Waals surface area contributed by atoms with Crippen molar-refractivity contribution in [2.45, 2.75) is 25.7 Å². The van der Waals surface area contributed by atoms with E-state index in [1.165, 1.54) is 0 Å². The van der Waals surface area contributed by atoms with E-state index in [-0.39, 0.29) is 13.0 Å². The number of alkyl halides is 2. The van der Waals surface area contributed by atoms with E-state index in [4.69, 9.17) is 0 Å². The minimum atomic E-state index is -2.59. The van der Waals surface area contributed by atoms with Gasteiger partial charge in [-0.2, -0.15) is 0 Å². The predicted molar refractivity (Wildman–Crippen MR) is 65.5 cm³/mol. The van der Waals surface area contributed by atoms with E-state index < -0.39 is 5.92 Å². The van der Waals surface area contributed by atoms with Crippen LogP contribution < -0.4 is 4.90 Å². The number of hydrogen-bond donors (Lipinski definition) is 0. The first-order chi connectivity index (χ1) is 8.02. The van der Waals surface area contributed by atoms with Gasteiger partial charge in [0.1, 0.15) is 5.82 Å². The van der Waals surface area contributed by atoms with Gasteiger partial charge in [0.25, 0.3) is 5.92 Å². The Bertz CT molecular complexity index is 429. The summed E-state index contributed by atoms with van der Waals surface area (Å²) in [6, 6.07) is 3.66. The van der Waals surface area contributed by atoms with Crippen molar-refractivity contribution in [3.63, 3.8) is 0 Å². The minimum Gasteiger partial charge on any atom is -0.351 e. The number of aryl methyl sites for hydroxylation is 1. The van der Waals surface area contributed by atoms with Crippen molar-refractivity contribution in [3.05, 3.63) is 30.0 Å². The van der Waals surface area contributed by atoms with Gasteiger partial charge in [-0.1, -0.05) is 12.7 Å². The lowest BCUT2D eigenvalue weighted by molar-refractivity contribution is -0.0118. The van der Waals surface area contributed by atoms with E-state index in [0.29, 0.717) is 18.8 Å². The molecule has 4 heteroatoms. The van der Waals surface area contributed by atoms with Crippen LogP contribution in [0.3, 0.4) is 0 Å². The van der Waals surface area contributed by atoms with Crippen LogP contribution in [0, 0.1) is 6.92 Å². The SMILES string of the molecule is C=Cc1ccc(N2CCCC(F)(F)C2)nc1C. The molecule has 0 N–H and O–H groups in total. The predicted octanol–water partition coefficient (Wildman–Crippen LogP) is 3.27. The van der Waals surface area contributed by atoms with Crippen LogP contribution in [-0.4, -0.2) is 24.0 Å². The summed E-state index contributed by atoms with van der Waals surface area (Å²) in [5, 5.41) is 0. The van der Waals surface area contributed by atoms with E-state index in [2.05, 4.69) is 11.6 Å². The normalized spacial score (nSPS) is 19.1. The number of pyridine rings is 1. The molecule has 2 rings (SSSR count). The van der Waals surface area contributed by atoms with Crippen LogP contribution in [0.5, 0.6) is 0 Å². The Kier molecular flexibility index (Phi) is 3.13. The highest BCUT2D eigenvalue weighted by atomic mass is 19.3. The standard InChI is InChI=1S/C13H16F2N2/c1-3-11-5-6-12(16-10(11)2)17-8-4-7-13(14,15)9-17/h3,5-6H,1,4,7-9H2,2H3. The van der Waals surface area contributed by atoms with Crippen LogP contribution in [0.4, 0.5) is 14.6 Å². The van der Waals surface area contributed by atoms with Crippen LogP contribution in [0.1, 0.15) is 24.1 Å². The molecule has 0 atom stereocenters. The van der Waals surface area contributed by atoms with Gasteiger partial charge in [0.15, 0.2) is 0 Å². The lowest BCUT2D eigenvalue weighted by Crippen LogP contribution is -2.43. The fourth-order valence-electron chi connectivity index (χ4n) is 2.11. The van der Waals surface area contributed by atoms with E-state index in [9.17, 15) is 8.78 Å². The Morgan fingerprint density at radius 1 is 1.47 bits per heavy atom. The first kappa shape index (κ1) is 12.0. The summed E-state index contributed by atoms with van der Waals surface area (Å²) >= 11 is 0. The zero-order chi connectivity index (χ0) is 12.5. The van der Waals surface area contributed by atoms with Gasteiger partial charge in [-0.3, -0.25) is 0 Å². The summed E-state index contributed by atoms with van der Waals surface area (Å²) in [4.78, 5) is 6.01. The molecule has 0 aliphatic carbocycles. The average molecular weight is 238 g/mol. The lowest BCUT2D eigenvalue weighted by atomic mass is 10.1. The summed E-state index contributed by atoms with van der Waals surface area (Å²) in [6.45, 7) is 5.97. The molecule has 0 aromatic carbocycles. The number of aromatic nitrogens is 1. The van der Waals surface area contributed by atoms with E-state index in [1.54, 1.807) is 17.0 Å². The number of rotatable bonds is 2. The van der Waals surface area contributed by atoms with Crippen molar-refractivity contribution in [3.8, 4) is 0 Å². The second kappa shape index (κ2) is 4.43. The van der Waals surface area contributed by atoms with Crippen molar-refractivity contribution < 1.29 is 8.78 Å². The van der Waals surface area contributed by atoms with Crippen molar-refractivity contribution >= 4 is 11.9 Å². The van der Waals surface area contributed by atoms with Crippen molar-refractivity contribution in [1.82, 2.24) is 4.98 Å². The Balaban J connectivity index is 2.22. The van der Waals surface area contributed by atoms with Gasteiger partial charge in [-0.05, 0) is 31.0 Å². The topological polar surface area (TPSA) is 16.1 Å². The Labute approximate surface area is 100.0 Å². The fourth-order valence-corrected chi connectivity index (χ4v) is 2.11.